The number of halogens is 1. The summed E-state index contributed by atoms with van der Waals surface area (Å²) < 4.78 is 7.44. The standard InChI is InChI=1S/C22H32N6O2.HI/c1-5-24-20(26-19-14-28(15-19)21(29)30-22(2,3)4)25-12-17-6-8-18(9-7-17)13-27-11-10-23-16-27;/h6-11,16,19H,5,12-15H2,1-4H3,(H2,24,25,26);1H. The minimum atomic E-state index is -0.472. The molecule has 9 heteroatoms. The summed E-state index contributed by atoms with van der Waals surface area (Å²) in [4.78, 5) is 22.5. The molecule has 0 aliphatic carbocycles. The molecule has 1 amide bonds. The third-order valence-corrected chi connectivity index (χ3v) is 4.59. The van der Waals surface area contributed by atoms with Gasteiger partial charge >= 0.3 is 6.09 Å². The number of amides is 1. The van der Waals surface area contributed by atoms with Gasteiger partial charge in [-0.2, -0.15) is 0 Å². The van der Waals surface area contributed by atoms with E-state index in [9.17, 15) is 4.79 Å². The first-order chi connectivity index (χ1) is 14.3. The number of likely N-dealkylation sites (tertiary alicyclic amines) is 1. The highest BCUT2D eigenvalue weighted by molar-refractivity contribution is 14.0. The number of rotatable bonds is 6. The van der Waals surface area contributed by atoms with E-state index in [1.54, 1.807) is 11.1 Å². The topological polar surface area (TPSA) is 83.8 Å². The van der Waals surface area contributed by atoms with Crippen LogP contribution in [0.25, 0.3) is 0 Å². The molecule has 1 aliphatic rings. The van der Waals surface area contributed by atoms with E-state index in [-0.39, 0.29) is 36.1 Å². The van der Waals surface area contributed by atoms with Crippen molar-refractivity contribution >= 4 is 36.0 Å². The Balaban J connectivity index is 0.00000341. The van der Waals surface area contributed by atoms with Gasteiger partial charge in [-0.1, -0.05) is 24.3 Å². The van der Waals surface area contributed by atoms with Gasteiger partial charge in [0.1, 0.15) is 5.60 Å². The Morgan fingerprint density at radius 2 is 1.90 bits per heavy atom. The van der Waals surface area contributed by atoms with Crippen molar-refractivity contribution < 1.29 is 9.53 Å². The number of aliphatic imine (C=N–C) groups is 1. The van der Waals surface area contributed by atoms with Crippen LogP contribution in [-0.4, -0.2) is 57.8 Å². The van der Waals surface area contributed by atoms with Gasteiger partial charge in [0.05, 0.1) is 18.9 Å². The molecular formula is C22H33IN6O2. The average molecular weight is 540 g/mol. The molecule has 2 aromatic rings. The van der Waals surface area contributed by atoms with Crippen LogP contribution in [0.4, 0.5) is 4.79 Å². The van der Waals surface area contributed by atoms with Gasteiger partial charge in [0.2, 0.25) is 0 Å². The van der Waals surface area contributed by atoms with Crippen molar-refractivity contribution in [1.29, 1.82) is 0 Å². The second-order valence-electron chi connectivity index (χ2n) is 8.47. The van der Waals surface area contributed by atoms with E-state index in [0.717, 1.165) is 24.6 Å². The minimum Gasteiger partial charge on any atom is -0.444 e. The zero-order chi connectivity index (χ0) is 21.6. The predicted molar refractivity (Wildman–Crippen MR) is 133 cm³/mol. The second kappa shape index (κ2) is 11.4. The Hall–Kier alpha value is -2.30. The Morgan fingerprint density at radius 1 is 1.23 bits per heavy atom. The Kier molecular flexibility index (Phi) is 9.15. The van der Waals surface area contributed by atoms with Crippen molar-refractivity contribution in [3.8, 4) is 0 Å². The summed E-state index contributed by atoms with van der Waals surface area (Å²) >= 11 is 0. The highest BCUT2D eigenvalue weighted by Gasteiger charge is 2.34. The summed E-state index contributed by atoms with van der Waals surface area (Å²) in [6.45, 7) is 11.1. The van der Waals surface area contributed by atoms with Crippen molar-refractivity contribution in [2.75, 3.05) is 19.6 Å². The molecule has 0 spiro atoms. The first-order valence-corrected chi connectivity index (χ1v) is 10.4. The minimum absolute atomic E-state index is 0. The maximum Gasteiger partial charge on any atom is 0.410 e. The summed E-state index contributed by atoms with van der Waals surface area (Å²) in [7, 11) is 0. The number of hydrogen-bond donors (Lipinski definition) is 2. The van der Waals surface area contributed by atoms with E-state index in [4.69, 9.17) is 4.74 Å². The first kappa shape index (κ1) is 25.0. The van der Waals surface area contributed by atoms with Crippen molar-refractivity contribution in [1.82, 2.24) is 25.1 Å². The van der Waals surface area contributed by atoms with Gasteiger partial charge in [0, 0.05) is 38.6 Å². The molecule has 2 N–H and O–H groups in total. The molecule has 1 fully saturated rings. The van der Waals surface area contributed by atoms with E-state index < -0.39 is 5.60 Å². The molecule has 8 nitrogen and oxygen atoms in total. The summed E-state index contributed by atoms with van der Waals surface area (Å²) in [5.41, 5.74) is 1.90. The molecule has 0 bridgehead atoms. The lowest BCUT2D eigenvalue weighted by Gasteiger charge is -2.40. The Bertz CT molecular complexity index is 840. The van der Waals surface area contributed by atoms with Gasteiger partial charge in [-0.05, 0) is 38.8 Å². The maximum atomic E-state index is 12.1. The zero-order valence-electron chi connectivity index (χ0n) is 18.7. The van der Waals surface area contributed by atoms with Crippen molar-refractivity contribution in [2.24, 2.45) is 4.99 Å². The highest BCUT2D eigenvalue weighted by atomic mass is 127. The number of hydrogen-bond acceptors (Lipinski definition) is 4. The van der Waals surface area contributed by atoms with Crippen molar-refractivity contribution in [2.45, 2.75) is 52.4 Å². The highest BCUT2D eigenvalue weighted by Crippen LogP contribution is 2.15. The van der Waals surface area contributed by atoms with Gasteiger partial charge < -0.3 is 24.8 Å². The number of aromatic nitrogens is 2. The van der Waals surface area contributed by atoms with Crippen LogP contribution < -0.4 is 10.6 Å². The summed E-state index contributed by atoms with van der Waals surface area (Å²) in [5.74, 6) is 0.758. The third-order valence-electron chi connectivity index (χ3n) is 4.59. The van der Waals surface area contributed by atoms with Gasteiger partial charge in [-0.15, -0.1) is 24.0 Å². The molecule has 0 radical (unpaired) electrons. The van der Waals surface area contributed by atoms with E-state index in [0.29, 0.717) is 19.6 Å². The number of nitrogens with one attached hydrogen (secondary N) is 2. The van der Waals surface area contributed by atoms with Gasteiger partial charge in [0.15, 0.2) is 5.96 Å². The normalized spacial score (nSPS) is 14.5. The largest absolute Gasteiger partial charge is 0.444 e. The monoisotopic (exact) mass is 540 g/mol. The van der Waals surface area contributed by atoms with Crippen LogP contribution in [0.2, 0.25) is 0 Å². The number of benzene rings is 1. The van der Waals surface area contributed by atoms with Crippen molar-refractivity contribution in [3.05, 3.63) is 54.1 Å². The Labute approximate surface area is 201 Å². The second-order valence-corrected chi connectivity index (χ2v) is 8.47. The SMILES string of the molecule is CCNC(=NCc1ccc(Cn2ccnc2)cc1)NC1CN(C(=O)OC(C)(C)C)C1.I. The zero-order valence-corrected chi connectivity index (χ0v) is 21.0. The number of guanidine groups is 1. The van der Waals surface area contributed by atoms with Crippen LogP contribution in [0.1, 0.15) is 38.8 Å². The lowest BCUT2D eigenvalue weighted by molar-refractivity contribution is 0.00701. The molecule has 0 atom stereocenters. The van der Waals surface area contributed by atoms with E-state index in [1.165, 1.54) is 5.56 Å². The molecule has 1 aliphatic heterocycles. The molecule has 170 valence electrons. The molecule has 1 aromatic carbocycles. The molecule has 1 saturated heterocycles. The fraction of sp³-hybridized carbons (Fsp3) is 0.500. The van der Waals surface area contributed by atoms with Crippen LogP contribution >= 0.6 is 24.0 Å². The summed E-state index contributed by atoms with van der Waals surface area (Å²) in [6, 6.07) is 8.62. The van der Waals surface area contributed by atoms with Crippen LogP contribution in [0, 0.1) is 0 Å². The molecule has 3 rings (SSSR count). The smallest absolute Gasteiger partial charge is 0.410 e. The van der Waals surface area contributed by atoms with Crippen LogP contribution in [0.5, 0.6) is 0 Å². The fourth-order valence-corrected chi connectivity index (χ4v) is 3.07. The van der Waals surface area contributed by atoms with Crippen molar-refractivity contribution in [3.63, 3.8) is 0 Å². The van der Waals surface area contributed by atoms with Gasteiger partial charge in [-0.25, -0.2) is 14.8 Å². The summed E-state index contributed by atoms with van der Waals surface area (Å²) in [5, 5.41) is 6.66. The Morgan fingerprint density at radius 3 is 2.48 bits per heavy atom. The third kappa shape index (κ3) is 8.04. The maximum absolute atomic E-state index is 12.1. The molecule has 2 heterocycles. The van der Waals surface area contributed by atoms with Crippen LogP contribution in [0.3, 0.4) is 0 Å². The predicted octanol–water partition coefficient (Wildman–Crippen LogP) is 3.22. The van der Waals surface area contributed by atoms with Gasteiger partial charge in [-0.3, -0.25) is 0 Å². The molecule has 0 unspecified atom stereocenters. The van der Waals surface area contributed by atoms with Crippen LogP contribution in [-0.2, 0) is 17.8 Å². The number of nitrogens with zero attached hydrogens (tertiary/aromatic N) is 4. The van der Waals surface area contributed by atoms with E-state index in [2.05, 4.69) is 44.9 Å². The number of ether oxygens (including phenoxy) is 1. The number of carbonyl (C=O) groups is 1. The molecular weight excluding hydrogens is 507 g/mol. The molecule has 1 aromatic heterocycles. The number of carbonyl (C=O) groups excluding carboxylic acids is 1. The van der Waals surface area contributed by atoms with E-state index in [1.807, 2.05) is 44.8 Å². The average Bonchev–Trinajstić information content (AvgIpc) is 3.15. The lowest BCUT2D eigenvalue weighted by Crippen LogP contribution is -2.63. The lowest BCUT2D eigenvalue weighted by atomic mass is 10.1. The molecule has 31 heavy (non-hydrogen) atoms. The molecule has 0 saturated carbocycles. The fourth-order valence-electron chi connectivity index (χ4n) is 3.07. The quantitative estimate of drug-likeness (QED) is 0.334. The summed E-state index contributed by atoms with van der Waals surface area (Å²) in [6.07, 6.45) is 5.29. The first-order valence-electron chi connectivity index (χ1n) is 10.4. The number of imidazole rings is 1. The van der Waals surface area contributed by atoms with Crippen LogP contribution in [0.15, 0.2) is 48.0 Å². The van der Waals surface area contributed by atoms with E-state index >= 15 is 0 Å². The van der Waals surface area contributed by atoms with Gasteiger partial charge in [0.25, 0.3) is 0 Å².